The zero-order valence-corrected chi connectivity index (χ0v) is 7.97. The summed E-state index contributed by atoms with van der Waals surface area (Å²) in [6.07, 6.45) is 2.06. The molecule has 0 saturated carbocycles. The monoisotopic (exact) mass is 173 g/mol. The van der Waals surface area contributed by atoms with Crippen LogP contribution in [-0.4, -0.2) is 36.5 Å². The minimum atomic E-state index is -0.174. The number of ether oxygens (including phenoxy) is 1. The molecule has 12 heavy (non-hydrogen) atoms. The van der Waals surface area contributed by atoms with Gasteiger partial charge in [-0.2, -0.15) is 0 Å². The maximum atomic E-state index is 9.25. The summed E-state index contributed by atoms with van der Waals surface area (Å²) < 4.78 is 5.35. The molecule has 1 atom stereocenters. The lowest BCUT2D eigenvalue weighted by Gasteiger charge is -2.37. The first-order chi connectivity index (χ1) is 5.68. The third-order valence-corrected chi connectivity index (χ3v) is 2.22. The fourth-order valence-electron chi connectivity index (χ4n) is 1.75. The molecular weight excluding hydrogens is 154 g/mol. The van der Waals surface area contributed by atoms with Crippen LogP contribution in [0.25, 0.3) is 0 Å². The van der Waals surface area contributed by atoms with E-state index in [1.807, 2.05) is 0 Å². The predicted molar refractivity (Wildman–Crippen MR) is 48.1 cm³/mol. The van der Waals surface area contributed by atoms with Crippen LogP contribution in [0.4, 0.5) is 0 Å². The predicted octanol–water partition coefficient (Wildman–Crippen LogP) is 0.526. The van der Waals surface area contributed by atoms with Crippen molar-refractivity contribution < 1.29 is 9.84 Å². The molecule has 2 N–H and O–H groups in total. The molecule has 0 spiro atoms. The molecule has 1 aliphatic rings. The number of hydrogen-bond donors (Lipinski definition) is 2. The molecule has 72 valence electrons. The highest BCUT2D eigenvalue weighted by molar-refractivity contribution is 4.90. The first-order valence-electron chi connectivity index (χ1n) is 4.65. The van der Waals surface area contributed by atoms with Crippen LogP contribution in [-0.2, 0) is 4.74 Å². The molecule has 3 heteroatoms. The molecular formula is C9H19NO2. The van der Waals surface area contributed by atoms with Crippen LogP contribution < -0.4 is 5.32 Å². The zero-order chi connectivity index (χ0) is 9.03. The fourth-order valence-corrected chi connectivity index (χ4v) is 1.75. The van der Waals surface area contributed by atoms with Gasteiger partial charge in [0, 0.05) is 12.6 Å². The Kier molecular flexibility index (Phi) is 3.50. The Labute approximate surface area is 74.1 Å². The van der Waals surface area contributed by atoms with Gasteiger partial charge in [-0.3, -0.25) is 0 Å². The van der Waals surface area contributed by atoms with Gasteiger partial charge >= 0.3 is 0 Å². The second-order valence-electron chi connectivity index (χ2n) is 3.89. The smallest absolute Gasteiger partial charge is 0.0670 e. The highest BCUT2D eigenvalue weighted by atomic mass is 16.5. The van der Waals surface area contributed by atoms with Crippen molar-refractivity contribution in [3.8, 4) is 0 Å². The third-order valence-electron chi connectivity index (χ3n) is 2.22. The van der Waals surface area contributed by atoms with E-state index < -0.39 is 0 Å². The average Bonchev–Trinajstić information content (AvgIpc) is 2.05. The van der Waals surface area contributed by atoms with E-state index in [0.717, 1.165) is 19.4 Å². The van der Waals surface area contributed by atoms with Gasteiger partial charge in [-0.05, 0) is 12.8 Å². The Bertz CT molecular complexity index is 130. The summed E-state index contributed by atoms with van der Waals surface area (Å²) in [7, 11) is 0. The summed E-state index contributed by atoms with van der Waals surface area (Å²) in [4.78, 5) is 0. The molecule has 1 aliphatic heterocycles. The quantitative estimate of drug-likeness (QED) is 0.654. The minimum Gasteiger partial charge on any atom is -0.394 e. The SMILES string of the molecule is CC(C)NC1(CO)CCCOC1. The lowest BCUT2D eigenvalue weighted by Crippen LogP contribution is -2.56. The van der Waals surface area contributed by atoms with Crippen LogP contribution in [0.2, 0.25) is 0 Å². The molecule has 1 unspecified atom stereocenters. The van der Waals surface area contributed by atoms with Crippen LogP contribution in [0.5, 0.6) is 0 Å². The molecule has 1 fully saturated rings. The standard InChI is InChI=1S/C9H19NO2/c1-8(2)10-9(6-11)4-3-5-12-7-9/h8,10-11H,3-7H2,1-2H3. The molecule has 0 aromatic carbocycles. The molecule has 0 aromatic heterocycles. The molecule has 1 heterocycles. The molecule has 0 aliphatic carbocycles. The normalized spacial score (nSPS) is 31.0. The van der Waals surface area contributed by atoms with Crippen molar-refractivity contribution in [3.05, 3.63) is 0 Å². The number of aliphatic hydroxyl groups excluding tert-OH is 1. The van der Waals surface area contributed by atoms with E-state index in [1.165, 1.54) is 0 Å². The molecule has 1 saturated heterocycles. The minimum absolute atomic E-state index is 0.172. The van der Waals surface area contributed by atoms with E-state index >= 15 is 0 Å². The van der Waals surface area contributed by atoms with Gasteiger partial charge in [0.15, 0.2) is 0 Å². The summed E-state index contributed by atoms with van der Waals surface area (Å²) >= 11 is 0. The van der Waals surface area contributed by atoms with E-state index in [2.05, 4.69) is 19.2 Å². The van der Waals surface area contributed by atoms with Gasteiger partial charge in [-0.1, -0.05) is 13.8 Å². The molecule has 1 rings (SSSR count). The topological polar surface area (TPSA) is 41.5 Å². The summed E-state index contributed by atoms with van der Waals surface area (Å²) in [6, 6.07) is 0.402. The van der Waals surface area contributed by atoms with E-state index in [9.17, 15) is 5.11 Å². The second-order valence-corrected chi connectivity index (χ2v) is 3.89. The summed E-state index contributed by atoms with van der Waals surface area (Å²) in [5.41, 5.74) is -0.174. The zero-order valence-electron chi connectivity index (χ0n) is 7.97. The van der Waals surface area contributed by atoms with Gasteiger partial charge in [-0.25, -0.2) is 0 Å². The van der Waals surface area contributed by atoms with Crippen molar-refractivity contribution in [2.24, 2.45) is 0 Å². The highest BCUT2D eigenvalue weighted by Crippen LogP contribution is 2.18. The lowest BCUT2D eigenvalue weighted by atomic mass is 9.92. The Balaban J connectivity index is 2.48. The van der Waals surface area contributed by atoms with Gasteiger partial charge < -0.3 is 15.2 Å². The van der Waals surface area contributed by atoms with Gasteiger partial charge in [0.05, 0.1) is 18.8 Å². The van der Waals surface area contributed by atoms with Crippen LogP contribution in [0.15, 0.2) is 0 Å². The Morgan fingerprint density at radius 2 is 2.33 bits per heavy atom. The second kappa shape index (κ2) is 4.21. The largest absolute Gasteiger partial charge is 0.394 e. The molecule has 0 amide bonds. The number of hydrogen-bond acceptors (Lipinski definition) is 3. The van der Waals surface area contributed by atoms with Gasteiger partial charge in [0.1, 0.15) is 0 Å². The van der Waals surface area contributed by atoms with E-state index in [4.69, 9.17) is 4.74 Å². The maximum absolute atomic E-state index is 9.25. The highest BCUT2D eigenvalue weighted by Gasteiger charge is 2.32. The summed E-state index contributed by atoms with van der Waals surface area (Å²) in [5.74, 6) is 0. The number of rotatable bonds is 3. The molecule has 0 aromatic rings. The fraction of sp³-hybridized carbons (Fsp3) is 1.00. The Morgan fingerprint density at radius 3 is 2.75 bits per heavy atom. The van der Waals surface area contributed by atoms with Crippen molar-refractivity contribution in [3.63, 3.8) is 0 Å². The van der Waals surface area contributed by atoms with Crippen molar-refractivity contribution in [1.29, 1.82) is 0 Å². The van der Waals surface area contributed by atoms with Crippen molar-refractivity contribution in [2.75, 3.05) is 19.8 Å². The first-order valence-corrected chi connectivity index (χ1v) is 4.65. The summed E-state index contributed by atoms with van der Waals surface area (Å²) in [5, 5.41) is 12.6. The van der Waals surface area contributed by atoms with E-state index in [1.54, 1.807) is 0 Å². The first kappa shape index (κ1) is 9.96. The Morgan fingerprint density at radius 1 is 1.58 bits per heavy atom. The van der Waals surface area contributed by atoms with Gasteiger partial charge in [0.2, 0.25) is 0 Å². The van der Waals surface area contributed by atoms with E-state index in [0.29, 0.717) is 12.6 Å². The molecule has 0 radical (unpaired) electrons. The van der Waals surface area contributed by atoms with Crippen molar-refractivity contribution >= 4 is 0 Å². The van der Waals surface area contributed by atoms with Gasteiger partial charge in [-0.15, -0.1) is 0 Å². The van der Waals surface area contributed by atoms with Crippen LogP contribution in [0.3, 0.4) is 0 Å². The maximum Gasteiger partial charge on any atom is 0.0670 e. The van der Waals surface area contributed by atoms with Crippen LogP contribution >= 0.6 is 0 Å². The van der Waals surface area contributed by atoms with Crippen molar-refractivity contribution in [2.45, 2.75) is 38.3 Å². The van der Waals surface area contributed by atoms with Crippen molar-refractivity contribution in [1.82, 2.24) is 5.32 Å². The summed E-state index contributed by atoms with van der Waals surface area (Å²) in [6.45, 7) is 5.83. The average molecular weight is 173 g/mol. The third kappa shape index (κ3) is 2.44. The van der Waals surface area contributed by atoms with E-state index in [-0.39, 0.29) is 12.1 Å². The Hall–Kier alpha value is -0.120. The number of aliphatic hydroxyl groups is 1. The molecule has 0 bridgehead atoms. The van der Waals surface area contributed by atoms with Gasteiger partial charge in [0.25, 0.3) is 0 Å². The number of nitrogens with one attached hydrogen (secondary N) is 1. The lowest BCUT2D eigenvalue weighted by molar-refractivity contribution is -0.0110. The van der Waals surface area contributed by atoms with Crippen LogP contribution in [0, 0.1) is 0 Å². The molecule has 3 nitrogen and oxygen atoms in total. The van der Waals surface area contributed by atoms with Crippen LogP contribution in [0.1, 0.15) is 26.7 Å².